The predicted molar refractivity (Wildman–Crippen MR) is 101 cm³/mol. The highest BCUT2D eigenvalue weighted by atomic mass is 19.1. The van der Waals surface area contributed by atoms with Crippen molar-refractivity contribution in [3.8, 4) is 0 Å². The third kappa shape index (κ3) is 5.94. The number of ether oxygens (including phenoxy) is 1. The normalized spacial score (nSPS) is 21.5. The fourth-order valence-electron chi connectivity index (χ4n) is 3.51. The van der Waals surface area contributed by atoms with Gasteiger partial charge in [0.15, 0.2) is 5.96 Å². The molecule has 1 aliphatic heterocycles. The van der Waals surface area contributed by atoms with Gasteiger partial charge in [-0.2, -0.15) is 0 Å². The van der Waals surface area contributed by atoms with Gasteiger partial charge in [0.05, 0.1) is 6.10 Å². The van der Waals surface area contributed by atoms with Crippen LogP contribution in [0, 0.1) is 23.0 Å². The molecule has 1 fully saturated rings. The standard InChI is InChI=1S/C20H31F2N3O/c1-20(2,3)18-15(6-5-11-26-18)13-25-19(23-4)24-10-9-14-12-16(21)7-8-17(14)22/h7-8,12,15,18H,5-6,9-11,13H2,1-4H3,(H2,23,24,25). The van der Waals surface area contributed by atoms with Crippen LogP contribution < -0.4 is 10.6 Å². The van der Waals surface area contributed by atoms with Crippen molar-refractivity contribution >= 4 is 5.96 Å². The third-order valence-corrected chi connectivity index (χ3v) is 4.75. The maximum absolute atomic E-state index is 13.7. The summed E-state index contributed by atoms with van der Waals surface area (Å²) in [6.07, 6.45) is 2.80. The van der Waals surface area contributed by atoms with E-state index in [9.17, 15) is 8.78 Å². The number of nitrogens with one attached hydrogen (secondary N) is 2. The molecule has 0 spiro atoms. The van der Waals surface area contributed by atoms with Crippen molar-refractivity contribution in [1.29, 1.82) is 0 Å². The first-order valence-electron chi connectivity index (χ1n) is 9.31. The van der Waals surface area contributed by atoms with Crippen LogP contribution in [0.4, 0.5) is 8.78 Å². The molecular weight excluding hydrogens is 336 g/mol. The molecule has 1 aromatic carbocycles. The largest absolute Gasteiger partial charge is 0.377 e. The Kier molecular flexibility index (Phi) is 7.38. The third-order valence-electron chi connectivity index (χ3n) is 4.75. The summed E-state index contributed by atoms with van der Waals surface area (Å²) < 4.78 is 32.9. The topological polar surface area (TPSA) is 45.7 Å². The second kappa shape index (κ2) is 9.31. The molecule has 0 radical (unpaired) electrons. The Bertz CT molecular complexity index is 614. The van der Waals surface area contributed by atoms with E-state index in [1.165, 1.54) is 6.07 Å². The number of halogens is 2. The molecule has 1 aliphatic rings. The van der Waals surface area contributed by atoms with Crippen molar-refractivity contribution in [3.63, 3.8) is 0 Å². The highest BCUT2D eigenvalue weighted by Gasteiger charge is 2.35. The summed E-state index contributed by atoms with van der Waals surface area (Å²) in [4.78, 5) is 4.22. The van der Waals surface area contributed by atoms with E-state index in [-0.39, 0.29) is 17.3 Å². The van der Waals surface area contributed by atoms with Crippen molar-refractivity contribution in [3.05, 3.63) is 35.4 Å². The van der Waals surface area contributed by atoms with E-state index in [0.29, 0.717) is 30.4 Å². The molecule has 0 aromatic heterocycles. The molecule has 2 unspecified atom stereocenters. The number of aliphatic imine (C=N–C) groups is 1. The van der Waals surface area contributed by atoms with E-state index in [0.717, 1.165) is 38.1 Å². The summed E-state index contributed by atoms with van der Waals surface area (Å²) in [7, 11) is 1.71. The Labute approximate surface area is 155 Å². The molecule has 0 amide bonds. The van der Waals surface area contributed by atoms with Crippen molar-refractivity contribution in [2.75, 3.05) is 26.7 Å². The zero-order valence-corrected chi connectivity index (χ0v) is 16.2. The van der Waals surface area contributed by atoms with E-state index in [4.69, 9.17) is 4.74 Å². The molecule has 0 aliphatic carbocycles. The SMILES string of the molecule is CN=C(NCCc1cc(F)ccc1F)NCC1CCCOC1C(C)(C)C. The molecule has 2 N–H and O–H groups in total. The maximum Gasteiger partial charge on any atom is 0.190 e. The fraction of sp³-hybridized carbons (Fsp3) is 0.650. The molecule has 2 rings (SSSR count). The second-order valence-corrected chi connectivity index (χ2v) is 7.93. The highest BCUT2D eigenvalue weighted by molar-refractivity contribution is 5.79. The predicted octanol–water partition coefficient (Wildman–Crippen LogP) is 3.51. The maximum atomic E-state index is 13.7. The molecular formula is C20H31F2N3O. The molecule has 2 atom stereocenters. The van der Waals surface area contributed by atoms with E-state index >= 15 is 0 Å². The average Bonchev–Trinajstić information content (AvgIpc) is 2.60. The summed E-state index contributed by atoms with van der Waals surface area (Å²) >= 11 is 0. The van der Waals surface area contributed by atoms with Crippen molar-refractivity contribution in [1.82, 2.24) is 10.6 Å². The number of nitrogens with zero attached hydrogens (tertiary/aromatic N) is 1. The van der Waals surface area contributed by atoms with Crippen LogP contribution >= 0.6 is 0 Å². The number of rotatable bonds is 5. The quantitative estimate of drug-likeness (QED) is 0.618. The highest BCUT2D eigenvalue weighted by Crippen LogP contribution is 2.33. The van der Waals surface area contributed by atoms with Gasteiger partial charge in [-0.15, -0.1) is 0 Å². The zero-order valence-electron chi connectivity index (χ0n) is 16.2. The van der Waals surface area contributed by atoms with E-state index in [1.54, 1.807) is 7.05 Å². The molecule has 1 aromatic rings. The van der Waals surface area contributed by atoms with Crippen molar-refractivity contribution in [2.24, 2.45) is 16.3 Å². The molecule has 146 valence electrons. The van der Waals surface area contributed by atoms with Crippen LogP contribution in [0.1, 0.15) is 39.2 Å². The second-order valence-electron chi connectivity index (χ2n) is 7.93. The van der Waals surface area contributed by atoms with Crippen LogP contribution in [0.2, 0.25) is 0 Å². The van der Waals surface area contributed by atoms with Gasteiger partial charge in [0, 0.05) is 32.7 Å². The summed E-state index contributed by atoms with van der Waals surface area (Å²) in [5.41, 5.74) is 0.458. The molecule has 1 saturated heterocycles. The number of guanidine groups is 1. The first-order valence-corrected chi connectivity index (χ1v) is 9.31. The summed E-state index contributed by atoms with van der Waals surface area (Å²) in [5, 5.41) is 6.51. The summed E-state index contributed by atoms with van der Waals surface area (Å²) in [6, 6.07) is 3.53. The first-order chi connectivity index (χ1) is 12.3. The molecule has 0 saturated carbocycles. The number of benzene rings is 1. The van der Waals surface area contributed by atoms with Crippen LogP contribution in [0.3, 0.4) is 0 Å². The van der Waals surface area contributed by atoms with Gasteiger partial charge in [0.1, 0.15) is 11.6 Å². The lowest BCUT2D eigenvalue weighted by Crippen LogP contribution is -2.47. The molecule has 0 bridgehead atoms. The van der Waals surface area contributed by atoms with Crippen LogP contribution in [-0.4, -0.2) is 38.8 Å². The van der Waals surface area contributed by atoms with Crippen LogP contribution in [0.25, 0.3) is 0 Å². The number of hydrogen-bond acceptors (Lipinski definition) is 2. The minimum Gasteiger partial charge on any atom is -0.377 e. The van der Waals surface area contributed by atoms with Gasteiger partial charge in [-0.25, -0.2) is 8.78 Å². The van der Waals surface area contributed by atoms with Gasteiger partial charge in [0.2, 0.25) is 0 Å². The first kappa shape index (κ1) is 20.6. The fourth-order valence-corrected chi connectivity index (χ4v) is 3.51. The minimum atomic E-state index is -0.422. The van der Waals surface area contributed by atoms with Crippen LogP contribution in [0.15, 0.2) is 23.2 Å². The molecule has 1 heterocycles. The lowest BCUT2D eigenvalue weighted by molar-refractivity contribution is -0.0835. The lowest BCUT2D eigenvalue weighted by Gasteiger charge is -2.40. The van der Waals surface area contributed by atoms with Gasteiger partial charge in [-0.1, -0.05) is 20.8 Å². The van der Waals surface area contributed by atoms with Gasteiger partial charge < -0.3 is 15.4 Å². The van der Waals surface area contributed by atoms with Crippen molar-refractivity contribution in [2.45, 2.75) is 46.1 Å². The Morgan fingerprint density at radius 3 is 2.73 bits per heavy atom. The van der Waals surface area contributed by atoms with Crippen LogP contribution in [0.5, 0.6) is 0 Å². The minimum absolute atomic E-state index is 0.0959. The van der Waals surface area contributed by atoms with Gasteiger partial charge >= 0.3 is 0 Å². The van der Waals surface area contributed by atoms with E-state index < -0.39 is 5.82 Å². The average molecular weight is 367 g/mol. The van der Waals surface area contributed by atoms with Crippen LogP contribution in [-0.2, 0) is 11.2 Å². The Morgan fingerprint density at radius 2 is 2.04 bits per heavy atom. The summed E-state index contributed by atoms with van der Waals surface area (Å²) in [6.45, 7) is 8.69. The smallest absolute Gasteiger partial charge is 0.190 e. The van der Waals surface area contributed by atoms with E-state index in [2.05, 4.69) is 36.4 Å². The van der Waals surface area contributed by atoms with Gasteiger partial charge in [0.25, 0.3) is 0 Å². The van der Waals surface area contributed by atoms with Crippen molar-refractivity contribution < 1.29 is 13.5 Å². The lowest BCUT2D eigenvalue weighted by atomic mass is 9.78. The van der Waals surface area contributed by atoms with Gasteiger partial charge in [-0.05, 0) is 48.4 Å². The monoisotopic (exact) mass is 367 g/mol. The molecule has 26 heavy (non-hydrogen) atoms. The Hall–Kier alpha value is -1.69. The van der Waals surface area contributed by atoms with E-state index in [1.807, 2.05) is 0 Å². The summed E-state index contributed by atoms with van der Waals surface area (Å²) in [5.74, 6) is 0.279. The Morgan fingerprint density at radius 1 is 1.27 bits per heavy atom. The van der Waals surface area contributed by atoms with Gasteiger partial charge in [-0.3, -0.25) is 4.99 Å². The number of hydrogen-bond donors (Lipinski definition) is 2. The zero-order chi connectivity index (χ0) is 19.2. The molecule has 4 nitrogen and oxygen atoms in total. The molecule has 6 heteroatoms. The Balaban J connectivity index is 1.83.